The molecule has 0 aliphatic heterocycles. The van der Waals surface area contributed by atoms with E-state index in [0.717, 1.165) is 12.2 Å². The minimum absolute atomic E-state index is 0.567. The van der Waals surface area contributed by atoms with Crippen molar-refractivity contribution < 1.29 is 13.6 Å². The average molecular weight is 345 g/mol. The first-order chi connectivity index (χ1) is 10.1. The van der Waals surface area contributed by atoms with Crippen LogP contribution in [0.2, 0.25) is 39.3 Å². The molecule has 0 amide bonds. The van der Waals surface area contributed by atoms with E-state index >= 15 is 0 Å². The first-order valence-corrected chi connectivity index (χ1v) is 15.2. The van der Waals surface area contributed by atoms with Gasteiger partial charge in [0.25, 0.3) is 5.95 Å². The zero-order valence-corrected chi connectivity index (χ0v) is 17.9. The van der Waals surface area contributed by atoms with E-state index < -0.39 is 16.6 Å². The van der Waals surface area contributed by atoms with Crippen molar-refractivity contribution in [2.45, 2.75) is 78.3 Å². The van der Waals surface area contributed by atoms with Gasteiger partial charge in [-0.3, -0.25) is 0 Å². The van der Waals surface area contributed by atoms with Crippen LogP contribution in [0.1, 0.15) is 39.0 Å². The van der Waals surface area contributed by atoms with Gasteiger partial charge in [-0.05, 0) is 58.2 Å². The maximum atomic E-state index is 6.17. The fourth-order valence-corrected chi connectivity index (χ4v) is 3.44. The Kier molecular flexibility index (Phi) is 9.84. The van der Waals surface area contributed by atoms with Crippen molar-refractivity contribution >= 4 is 16.6 Å². The smallest absolute Gasteiger partial charge is 0.268 e. The third-order valence-electron chi connectivity index (χ3n) is 2.70. The second kappa shape index (κ2) is 10.2. The van der Waals surface area contributed by atoms with Crippen molar-refractivity contribution in [3.63, 3.8) is 0 Å². The number of hydrogen-bond acceptors (Lipinski definition) is 3. The molecule has 0 heterocycles. The molecule has 0 radical (unpaired) electrons. The molecule has 0 unspecified atom stereocenters. The maximum absolute atomic E-state index is 6.17. The molecular weight excluding hydrogens is 308 g/mol. The molecule has 0 atom stereocenters. The molecule has 5 heteroatoms. The summed E-state index contributed by atoms with van der Waals surface area (Å²) in [6.07, 6.45) is 10.2. The molecule has 0 aromatic carbocycles. The lowest BCUT2D eigenvalue weighted by atomic mass is 10.1. The molecule has 22 heavy (non-hydrogen) atoms. The van der Waals surface area contributed by atoms with Crippen molar-refractivity contribution in [2.24, 2.45) is 0 Å². The van der Waals surface area contributed by atoms with Gasteiger partial charge in [0.05, 0.1) is 13.2 Å². The van der Waals surface area contributed by atoms with Gasteiger partial charge in [0.1, 0.15) is 5.76 Å². The predicted molar refractivity (Wildman–Crippen MR) is 101 cm³/mol. The average Bonchev–Trinajstić information content (AvgIpc) is 2.34. The fourth-order valence-electron chi connectivity index (χ4n) is 1.85. The number of methoxy groups -OCH3 is 1. The number of hydrogen-bond donors (Lipinski definition) is 0. The van der Waals surface area contributed by atoms with Crippen LogP contribution >= 0.6 is 0 Å². The highest BCUT2D eigenvalue weighted by atomic mass is 28.4. The summed E-state index contributed by atoms with van der Waals surface area (Å²) in [7, 11) is -1.67. The SMILES string of the molecule is CCCCCC/C=C(/C=C(\OC)O[Si](C)(C)C)O[Si](C)(C)C. The van der Waals surface area contributed by atoms with Gasteiger partial charge in [0, 0.05) is 0 Å². The monoisotopic (exact) mass is 344 g/mol. The summed E-state index contributed by atoms with van der Waals surface area (Å²) in [4.78, 5) is 0. The number of ether oxygens (including phenoxy) is 1. The van der Waals surface area contributed by atoms with Gasteiger partial charge in [0.2, 0.25) is 16.6 Å². The minimum Gasteiger partial charge on any atom is -0.544 e. The van der Waals surface area contributed by atoms with Gasteiger partial charge in [-0.15, -0.1) is 0 Å². The Morgan fingerprint density at radius 3 is 1.91 bits per heavy atom. The second-order valence-electron chi connectivity index (χ2n) is 7.55. The van der Waals surface area contributed by atoms with Crippen LogP contribution in [0.4, 0.5) is 0 Å². The van der Waals surface area contributed by atoms with E-state index in [2.05, 4.69) is 52.3 Å². The maximum Gasteiger partial charge on any atom is 0.268 e. The van der Waals surface area contributed by atoms with Crippen LogP contribution in [0.15, 0.2) is 23.9 Å². The zero-order valence-electron chi connectivity index (χ0n) is 15.9. The molecule has 0 aromatic rings. The van der Waals surface area contributed by atoms with Gasteiger partial charge in [0.15, 0.2) is 0 Å². The van der Waals surface area contributed by atoms with E-state index in [1.165, 1.54) is 25.7 Å². The van der Waals surface area contributed by atoms with Gasteiger partial charge < -0.3 is 13.6 Å². The van der Waals surface area contributed by atoms with Gasteiger partial charge in [-0.1, -0.05) is 26.2 Å². The predicted octanol–water partition coefficient (Wildman–Crippen LogP) is 6.03. The quantitative estimate of drug-likeness (QED) is 0.198. The first kappa shape index (κ1) is 21.3. The Bertz CT molecular complexity index is 363. The highest BCUT2D eigenvalue weighted by molar-refractivity contribution is 6.70. The molecule has 0 bridgehead atoms. The Morgan fingerprint density at radius 1 is 0.864 bits per heavy atom. The summed E-state index contributed by atoms with van der Waals surface area (Å²) in [5.74, 6) is 1.46. The molecule has 0 spiro atoms. The molecule has 130 valence electrons. The zero-order chi connectivity index (χ0) is 17.2. The van der Waals surface area contributed by atoms with E-state index in [-0.39, 0.29) is 0 Å². The first-order valence-electron chi connectivity index (χ1n) is 8.41. The van der Waals surface area contributed by atoms with Crippen LogP contribution in [0.5, 0.6) is 0 Å². The minimum atomic E-state index is -1.68. The lowest BCUT2D eigenvalue weighted by Gasteiger charge is -2.23. The summed E-state index contributed by atoms with van der Waals surface area (Å²) in [5.41, 5.74) is 0. The third-order valence-corrected chi connectivity index (χ3v) is 4.36. The van der Waals surface area contributed by atoms with Crippen molar-refractivity contribution in [3.8, 4) is 0 Å². The fraction of sp³-hybridized carbons (Fsp3) is 0.765. The molecule has 0 saturated carbocycles. The van der Waals surface area contributed by atoms with Crippen molar-refractivity contribution in [1.82, 2.24) is 0 Å². The Morgan fingerprint density at radius 2 is 1.45 bits per heavy atom. The molecule has 0 saturated heterocycles. The largest absolute Gasteiger partial charge is 0.544 e. The van der Waals surface area contributed by atoms with Crippen LogP contribution in [-0.4, -0.2) is 23.7 Å². The Balaban J connectivity index is 4.92. The van der Waals surface area contributed by atoms with Crippen molar-refractivity contribution in [2.75, 3.05) is 7.11 Å². The number of unbranched alkanes of at least 4 members (excludes halogenated alkanes) is 4. The number of rotatable bonds is 11. The van der Waals surface area contributed by atoms with Crippen LogP contribution in [0.3, 0.4) is 0 Å². The van der Waals surface area contributed by atoms with Gasteiger partial charge in [-0.25, -0.2) is 0 Å². The molecule has 0 N–H and O–H groups in total. The summed E-state index contributed by atoms with van der Waals surface area (Å²) >= 11 is 0. The standard InChI is InChI=1S/C17H36O3Si2/c1-9-10-11-12-13-14-16(19-21(3,4)5)15-17(18-2)20-22(6,7)8/h14-15H,9-13H2,1-8H3/b16-14-,17-15+. The lowest BCUT2D eigenvalue weighted by molar-refractivity contribution is 0.145. The lowest BCUT2D eigenvalue weighted by Crippen LogP contribution is -2.26. The molecule has 0 fully saturated rings. The van der Waals surface area contributed by atoms with Gasteiger partial charge >= 0.3 is 0 Å². The van der Waals surface area contributed by atoms with Crippen molar-refractivity contribution in [3.05, 3.63) is 23.9 Å². The third kappa shape index (κ3) is 13.0. The molecule has 0 rings (SSSR count). The van der Waals surface area contributed by atoms with E-state index in [1.54, 1.807) is 7.11 Å². The highest BCUT2D eigenvalue weighted by Crippen LogP contribution is 2.18. The van der Waals surface area contributed by atoms with Crippen LogP contribution in [-0.2, 0) is 13.6 Å². The van der Waals surface area contributed by atoms with E-state index in [1.807, 2.05) is 6.08 Å². The second-order valence-corrected chi connectivity index (χ2v) is 16.4. The molecule has 3 nitrogen and oxygen atoms in total. The van der Waals surface area contributed by atoms with E-state index in [4.69, 9.17) is 13.6 Å². The summed E-state index contributed by atoms with van der Waals surface area (Å²) in [6, 6.07) is 0. The van der Waals surface area contributed by atoms with E-state index in [0.29, 0.717) is 5.95 Å². The molecule has 0 aromatic heterocycles. The summed E-state index contributed by atoms with van der Waals surface area (Å²) < 4.78 is 17.5. The number of allylic oxidation sites excluding steroid dienone is 2. The van der Waals surface area contributed by atoms with Crippen LogP contribution < -0.4 is 0 Å². The Labute approximate surface area is 140 Å². The van der Waals surface area contributed by atoms with Crippen LogP contribution in [0, 0.1) is 0 Å². The summed E-state index contributed by atoms with van der Waals surface area (Å²) in [6.45, 7) is 15.2. The van der Waals surface area contributed by atoms with Crippen molar-refractivity contribution in [1.29, 1.82) is 0 Å². The molecule has 0 aliphatic carbocycles. The molecular formula is C17H36O3Si2. The molecule has 0 aliphatic rings. The highest BCUT2D eigenvalue weighted by Gasteiger charge is 2.20. The van der Waals surface area contributed by atoms with Crippen LogP contribution in [0.25, 0.3) is 0 Å². The normalized spacial score (nSPS) is 14.0. The topological polar surface area (TPSA) is 27.7 Å². The van der Waals surface area contributed by atoms with E-state index in [9.17, 15) is 0 Å². The Hall–Kier alpha value is -0.686. The van der Waals surface area contributed by atoms with Gasteiger partial charge in [-0.2, -0.15) is 0 Å². The summed E-state index contributed by atoms with van der Waals surface area (Å²) in [5, 5.41) is 0.